The molecule has 84 valence electrons. The molecule has 4 heteroatoms. The first kappa shape index (κ1) is 5.48. The summed E-state index contributed by atoms with van der Waals surface area (Å²) in [5.74, 6) is -0.755. The summed E-state index contributed by atoms with van der Waals surface area (Å²) < 4.78 is 52.0. The smallest absolute Gasteiger partial charge is 0.357 e. The van der Waals surface area contributed by atoms with Crippen LogP contribution in [0.4, 0.5) is 0 Å². The molecule has 0 amide bonds. The van der Waals surface area contributed by atoms with E-state index >= 15 is 0 Å². The van der Waals surface area contributed by atoms with Crippen molar-refractivity contribution in [3.8, 4) is 0 Å². The summed E-state index contributed by atoms with van der Waals surface area (Å²) in [6.45, 7) is 0.470. The number of nitrogens with zero attached hydrogens (tertiary/aromatic N) is 2. The van der Waals surface area contributed by atoms with Crippen molar-refractivity contribution in [3.63, 3.8) is 0 Å². The Morgan fingerprint density at radius 2 is 2.50 bits per heavy atom. The van der Waals surface area contributed by atoms with Crippen LogP contribution < -0.4 is 0 Å². The Bertz CT molecular complexity index is 766. The molecule has 2 heterocycles. The Balaban J connectivity index is 2.94. The summed E-state index contributed by atoms with van der Waals surface area (Å²) >= 11 is 0. The third-order valence-electron chi connectivity index (χ3n) is 2.04. The number of carbonyl (C=O) groups excluding carboxylic acids is 1. The summed E-state index contributed by atoms with van der Waals surface area (Å²) in [6.07, 6.45) is -0.556. The Morgan fingerprint density at radius 1 is 1.69 bits per heavy atom. The maximum absolute atomic E-state index is 12.0. The Hall–Kier alpha value is -1.84. The van der Waals surface area contributed by atoms with E-state index in [1.54, 1.807) is 6.92 Å². The van der Waals surface area contributed by atoms with Crippen LogP contribution in [0.15, 0.2) is 18.3 Å². The van der Waals surface area contributed by atoms with Gasteiger partial charge in [0.15, 0.2) is 5.69 Å². The van der Waals surface area contributed by atoms with Gasteiger partial charge in [-0.3, -0.25) is 4.40 Å². The lowest BCUT2D eigenvalue weighted by atomic mass is 10.3. The summed E-state index contributed by atoms with van der Waals surface area (Å²) in [6, 6.07) is -1.03. The zero-order chi connectivity index (χ0) is 16.8. The number of ether oxygens (including phenoxy) is 1. The van der Waals surface area contributed by atoms with Crippen molar-refractivity contribution in [2.24, 2.45) is 0 Å². The highest BCUT2D eigenvalue weighted by atomic mass is 16.5. The first-order chi connectivity index (χ1) is 10.1. The number of aryl methyl sites for hydroxylation is 1. The Kier molecular flexibility index (Phi) is 1.36. The number of rotatable bonds is 2. The van der Waals surface area contributed by atoms with Gasteiger partial charge in [0.1, 0.15) is 5.65 Å². The van der Waals surface area contributed by atoms with Gasteiger partial charge in [-0.25, -0.2) is 9.78 Å². The number of fused-ring (bicyclic) bond motifs is 1. The van der Waals surface area contributed by atoms with Crippen LogP contribution in [0.3, 0.4) is 0 Å². The molecule has 0 bridgehead atoms. The molecule has 0 aliphatic carbocycles. The first-order valence-corrected chi connectivity index (χ1v) is 4.77. The van der Waals surface area contributed by atoms with Crippen LogP contribution in [0.25, 0.3) is 5.65 Å². The summed E-state index contributed by atoms with van der Waals surface area (Å²) in [7, 11) is 0. The van der Waals surface area contributed by atoms with Gasteiger partial charge in [0.25, 0.3) is 0 Å². The number of carbonyl (C=O) groups is 1. The first-order valence-electron chi connectivity index (χ1n) is 7.77. The minimum atomic E-state index is -2.75. The molecule has 0 aromatic carbocycles. The monoisotopic (exact) mass is 224 g/mol. The van der Waals surface area contributed by atoms with Crippen LogP contribution >= 0.6 is 0 Å². The molecular formula is C12H14N2O2. The van der Waals surface area contributed by atoms with Gasteiger partial charge >= 0.3 is 5.97 Å². The minimum Gasteiger partial charge on any atom is -0.461 e. The van der Waals surface area contributed by atoms with Crippen molar-refractivity contribution in [3.05, 3.63) is 35.2 Å². The van der Waals surface area contributed by atoms with Crippen LogP contribution in [0.5, 0.6) is 0 Å². The number of esters is 1. The van der Waals surface area contributed by atoms with Crippen LogP contribution in [0.2, 0.25) is 0 Å². The van der Waals surface area contributed by atoms with Crippen molar-refractivity contribution in [1.82, 2.24) is 9.38 Å². The molecule has 0 unspecified atom stereocenters. The second kappa shape index (κ2) is 3.96. The van der Waals surface area contributed by atoms with Crippen LogP contribution in [0.1, 0.15) is 36.9 Å². The molecule has 0 aliphatic heterocycles. The van der Waals surface area contributed by atoms with Gasteiger partial charge in [-0.1, -0.05) is 6.04 Å². The van der Waals surface area contributed by atoms with Gasteiger partial charge in [-0.05, 0) is 32.3 Å². The average molecular weight is 224 g/mol. The van der Waals surface area contributed by atoms with Crippen LogP contribution in [-0.4, -0.2) is 22.0 Å². The molecule has 0 radical (unpaired) electrons. The molecule has 2 rings (SSSR count). The van der Waals surface area contributed by atoms with Crippen molar-refractivity contribution < 1.29 is 17.8 Å². The van der Waals surface area contributed by atoms with E-state index in [0.717, 1.165) is 4.40 Å². The summed E-state index contributed by atoms with van der Waals surface area (Å²) in [5.41, 5.74) is -0.583. The van der Waals surface area contributed by atoms with Gasteiger partial charge in [-0.15, -0.1) is 0 Å². The van der Waals surface area contributed by atoms with Crippen molar-refractivity contribution in [2.75, 3.05) is 6.61 Å². The second-order valence-electron chi connectivity index (χ2n) is 3.16. The van der Waals surface area contributed by atoms with E-state index in [-0.39, 0.29) is 23.6 Å². The summed E-state index contributed by atoms with van der Waals surface area (Å²) in [5, 5.41) is 0. The van der Waals surface area contributed by atoms with E-state index < -0.39 is 36.6 Å². The molecule has 0 fully saturated rings. The fourth-order valence-corrected chi connectivity index (χ4v) is 1.42. The normalized spacial score (nSPS) is 16.9. The van der Waals surface area contributed by atoms with Crippen molar-refractivity contribution in [2.45, 2.75) is 20.7 Å². The molecule has 0 saturated heterocycles. The van der Waals surface area contributed by atoms with Gasteiger partial charge in [0.2, 0.25) is 0 Å². The molecule has 4 nitrogen and oxygen atoms in total. The summed E-state index contributed by atoms with van der Waals surface area (Å²) in [4.78, 5) is 16.0. The molecule has 0 N–H and O–H groups in total. The molecule has 0 spiro atoms. The largest absolute Gasteiger partial charge is 0.461 e. The van der Waals surface area contributed by atoms with Gasteiger partial charge in [0.05, 0.1) is 16.4 Å². The minimum absolute atomic E-state index is 0.0964. The van der Waals surface area contributed by atoms with Crippen LogP contribution in [-0.2, 0) is 4.74 Å². The molecule has 0 saturated carbocycles. The molecular weight excluding hydrogens is 204 g/mol. The van der Waals surface area contributed by atoms with E-state index in [9.17, 15) is 4.79 Å². The zero-order valence-electron chi connectivity index (χ0n) is 14.9. The maximum atomic E-state index is 12.0. The number of hydrogen-bond acceptors (Lipinski definition) is 3. The van der Waals surface area contributed by atoms with Crippen LogP contribution in [0, 0.1) is 13.8 Å². The lowest BCUT2D eigenvalue weighted by Crippen LogP contribution is -2.09. The van der Waals surface area contributed by atoms with E-state index in [2.05, 4.69) is 4.98 Å². The zero-order valence-corrected chi connectivity index (χ0v) is 8.92. The predicted molar refractivity (Wildman–Crippen MR) is 60.6 cm³/mol. The van der Waals surface area contributed by atoms with E-state index in [1.807, 2.05) is 0 Å². The Labute approximate surface area is 102 Å². The van der Waals surface area contributed by atoms with Crippen molar-refractivity contribution in [1.29, 1.82) is 0 Å². The highest BCUT2D eigenvalue weighted by Crippen LogP contribution is 2.14. The molecule has 16 heavy (non-hydrogen) atoms. The fourth-order valence-electron chi connectivity index (χ4n) is 1.42. The van der Waals surface area contributed by atoms with Gasteiger partial charge < -0.3 is 4.74 Å². The maximum Gasteiger partial charge on any atom is 0.357 e. The lowest BCUT2D eigenvalue weighted by Gasteiger charge is -2.03. The lowest BCUT2D eigenvalue weighted by molar-refractivity contribution is 0.0517. The Morgan fingerprint density at radius 3 is 3.19 bits per heavy atom. The highest BCUT2D eigenvalue weighted by Gasteiger charge is 2.17. The van der Waals surface area contributed by atoms with E-state index in [4.69, 9.17) is 13.0 Å². The second-order valence-corrected chi connectivity index (χ2v) is 3.16. The highest BCUT2D eigenvalue weighted by molar-refractivity contribution is 5.90. The average Bonchev–Trinajstić information content (AvgIpc) is 2.73. The molecule has 0 aliphatic rings. The molecule has 0 atom stereocenters. The fraction of sp³-hybridized carbons (Fsp3) is 0.333. The molecule has 2 aromatic heterocycles. The SMILES string of the molecule is [2H]c1c(C([2H])([2H])[2H])c([2H])n2c(C(=O)OCC)c(C)nc2c1[2H]. The van der Waals surface area contributed by atoms with Gasteiger partial charge in [0, 0.05) is 10.3 Å². The van der Waals surface area contributed by atoms with Crippen molar-refractivity contribution >= 4 is 11.6 Å². The number of imidazole rings is 1. The third kappa shape index (κ3) is 1.66. The number of aromatic nitrogens is 2. The topological polar surface area (TPSA) is 43.6 Å². The number of hydrogen-bond donors (Lipinski definition) is 0. The standard InChI is InChI=1S/C12H14N2O2/c1-4-16-12(15)11-9(3)13-10-6-5-8(2)7-14(10)11/h5-7H,4H2,1-3H3/i2D3,5D,6D,7D. The van der Waals surface area contributed by atoms with Gasteiger partial charge in [-0.2, -0.15) is 0 Å². The number of pyridine rings is 1. The van der Waals surface area contributed by atoms with E-state index in [0.29, 0.717) is 0 Å². The molecule has 2 aromatic rings. The third-order valence-corrected chi connectivity index (χ3v) is 2.04. The predicted octanol–water partition coefficient (Wildman–Crippen LogP) is 2.13. The van der Waals surface area contributed by atoms with E-state index in [1.165, 1.54) is 6.92 Å². The quantitative estimate of drug-likeness (QED) is 0.734.